The Morgan fingerprint density at radius 3 is 2.73 bits per heavy atom. The quantitative estimate of drug-likeness (QED) is 0.638. The van der Waals surface area contributed by atoms with Crippen LogP contribution in [0.1, 0.15) is 0 Å². The lowest BCUT2D eigenvalue weighted by Gasteiger charge is -2.02. The fourth-order valence-electron chi connectivity index (χ4n) is 0.718. The third-order valence-electron chi connectivity index (χ3n) is 1.20. The highest BCUT2D eigenvalue weighted by molar-refractivity contribution is 5.44. The molecular formula is C7H7F2NO. The number of aliphatic hydroxyl groups is 1. The fourth-order valence-corrected chi connectivity index (χ4v) is 0.718. The maximum Gasteiger partial charge on any atom is 0.146 e. The third kappa shape index (κ3) is 1.88. The molecule has 0 bridgehead atoms. The zero-order chi connectivity index (χ0) is 8.27. The first-order chi connectivity index (χ1) is 5.24. The largest absolute Gasteiger partial charge is 0.377 e. The van der Waals surface area contributed by atoms with Crippen LogP contribution in [-0.4, -0.2) is 11.8 Å². The van der Waals surface area contributed by atoms with Gasteiger partial charge < -0.3 is 10.4 Å². The molecule has 4 heteroatoms. The van der Waals surface area contributed by atoms with Crippen molar-refractivity contribution in [1.29, 1.82) is 0 Å². The molecule has 0 amide bonds. The normalized spacial score (nSPS) is 9.73. The van der Waals surface area contributed by atoms with E-state index in [4.69, 9.17) is 5.11 Å². The number of nitrogens with one attached hydrogen (secondary N) is 1. The second kappa shape index (κ2) is 3.30. The van der Waals surface area contributed by atoms with E-state index in [-0.39, 0.29) is 5.69 Å². The van der Waals surface area contributed by atoms with Crippen LogP contribution in [0.25, 0.3) is 0 Å². The molecule has 0 saturated heterocycles. The summed E-state index contributed by atoms with van der Waals surface area (Å²) in [5, 5.41) is 10.6. The average molecular weight is 159 g/mol. The summed E-state index contributed by atoms with van der Waals surface area (Å²) >= 11 is 0. The van der Waals surface area contributed by atoms with E-state index >= 15 is 0 Å². The Kier molecular flexibility index (Phi) is 2.38. The summed E-state index contributed by atoms with van der Waals surface area (Å²) in [5.41, 5.74) is -0.0347. The van der Waals surface area contributed by atoms with Gasteiger partial charge in [-0.15, -0.1) is 0 Å². The summed E-state index contributed by atoms with van der Waals surface area (Å²) in [6.07, 6.45) is 0. The molecule has 0 heterocycles. The number of hydrogen-bond donors (Lipinski definition) is 2. The molecule has 60 valence electrons. The van der Waals surface area contributed by atoms with Crippen molar-refractivity contribution in [2.24, 2.45) is 0 Å². The molecule has 1 aromatic rings. The second-order valence-electron chi connectivity index (χ2n) is 1.96. The van der Waals surface area contributed by atoms with Crippen LogP contribution in [-0.2, 0) is 0 Å². The van der Waals surface area contributed by atoms with Crippen LogP contribution in [0.5, 0.6) is 0 Å². The molecule has 11 heavy (non-hydrogen) atoms. The standard InChI is InChI=1S/C7H7F2NO/c8-5-1-2-6(9)7(3-5)10-4-11/h1-3,10-11H,4H2. The van der Waals surface area contributed by atoms with E-state index in [1.807, 2.05) is 0 Å². The number of halogens is 2. The van der Waals surface area contributed by atoms with Crippen molar-refractivity contribution in [3.8, 4) is 0 Å². The van der Waals surface area contributed by atoms with Gasteiger partial charge in [0.1, 0.15) is 18.4 Å². The number of anilines is 1. The monoisotopic (exact) mass is 159 g/mol. The van der Waals surface area contributed by atoms with Gasteiger partial charge in [-0.3, -0.25) is 0 Å². The van der Waals surface area contributed by atoms with E-state index < -0.39 is 18.4 Å². The van der Waals surface area contributed by atoms with Gasteiger partial charge in [0.2, 0.25) is 0 Å². The smallest absolute Gasteiger partial charge is 0.146 e. The number of benzene rings is 1. The molecule has 0 aliphatic carbocycles. The SMILES string of the molecule is OCNc1cc(F)ccc1F. The molecule has 2 N–H and O–H groups in total. The number of rotatable bonds is 2. The zero-order valence-corrected chi connectivity index (χ0v) is 5.64. The van der Waals surface area contributed by atoms with Crippen LogP contribution in [0.15, 0.2) is 18.2 Å². The molecule has 0 radical (unpaired) electrons. The van der Waals surface area contributed by atoms with E-state index in [2.05, 4.69) is 5.32 Å². The molecule has 0 aliphatic heterocycles. The molecule has 0 unspecified atom stereocenters. The van der Waals surface area contributed by atoms with E-state index in [0.29, 0.717) is 0 Å². The topological polar surface area (TPSA) is 32.3 Å². The lowest BCUT2D eigenvalue weighted by Crippen LogP contribution is -2.01. The Bertz CT molecular complexity index is 252. The Balaban J connectivity index is 2.93. The summed E-state index contributed by atoms with van der Waals surface area (Å²) in [7, 11) is 0. The minimum Gasteiger partial charge on any atom is -0.377 e. The van der Waals surface area contributed by atoms with E-state index in [9.17, 15) is 8.78 Å². The van der Waals surface area contributed by atoms with Gasteiger partial charge in [-0.1, -0.05) is 0 Å². The predicted octanol–water partition coefficient (Wildman–Crippen LogP) is 1.33. The van der Waals surface area contributed by atoms with Crippen molar-refractivity contribution in [3.05, 3.63) is 29.8 Å². The van der Waals surface area contributed by atoms with Crippen LogP contribution in [0.4, 0.5) is 14.5 Å². The summed E-state index contributed by atoms with van der Waals surface area (Å²) < 4.78 is 25.0. The molecule has 0 fully saturated rings. The Labute approximate surface area is 62.5 Å². The molecule has 0 aliphatic rings. The fraction of sp³-hybridized carbons (Fsp3) is 0.143. The van der Waals surface area contributed by atoms with Gasteiger partial charge in [0, 0.05) is 6.07 Å². The molecule has 2 nitrogen and oxygen atoms in total. The Hall–Kier alpha value is -1.16. The van der Waals surface area contributed by atoms with E-state index in [1.54, 1.807) is 0 Å². The second-order valence-corrected chi connectivity index (χ2v) is 1.96. The number of aliphatic hydroxyl groups excluding tert-OH is 1. The van der Waals surface area contributed by atoms with Crippen molar-refractivity contribution in [1.82, 2.24) is 0 Å². The highest BCUT2D eigenvalue weighted by Gasteiger charge is 2.00. The first-order valence-electron chi connectivity index (χ1n) is 3.04. The molecular weight excluding hydrogens is 152 g/mol. The highest BCUT2D eigenvalue weighted by atomic mass is 19.1. The van der Waals surface area contributed by atoms with Crippen molar-refractivity contribution in [3.63, 3.8) is 0 Å². The van der Waals surface area contributed by atoms with Crippen LogP contribution in [0.3, 0.4) is 0 Å². The Morgan fingerprint density at radius 1 is 1.36 bits per heavy atom. The summed E-state index contributed by atoms with van der Waals surface area (Å²) in [4.78, 5) is 0. The molecule has 0 atom stereocenters. The van der Waals surface area contributed by atoms with Crippen molar-refractivity contribution >= 4 is 5.69 Å². The first-order valence-corrected chi connectivity index (χ1v) is 3.04. The van der Waals surface area contributed by atoms with Crippen LogP contribution in [0.2, 0.25) is 0 Å². The highest BCUT2D eigenvalue weighted by Crippen LogP contribution is 2.14. The molecule has 1 aromatic carbocycles. The molecule has 0 spiro atoms. The van der Waals surface area contributed by atoms with Crippen molar-refractivity contribution in [2.75, 3.05) is 12.0 Å². The van der Waals surface area contributed by atoms with Gasteiger partial charge in [-0.2, -0.15) is 0 Å². The first kappa shape index (κ1) is 7.94. The summed E-state index contributed by atoms with van der Waals surface area (Å²) in [6.45, 7) is -0.416. The summed E-state index contributed by atoms with van der Waals surface area (Å²) in [5.74, 6) is -1.12. The minimum absolute atomic E-state index is 0.0347. The van der Waals surface area contributed by atoms with E-state index in [0.717, 1.165) is 18.2 Å². The average Bonchev–Trinajstić information content (AvgIpc) is 1.98. The van der Waals surface area contributed by atoms with Crippen LogP contribution >= 0.6 is 0 Å². The van der Waals surface area contributed by atoms with Gasteiger partial charge in [-0.25, -0.2) is 8.78 Å². The molecule has 0 saturated carbocycles. The summed E-state index contributed by atoms with van der Waals surface area (Å²) in [6, 6.07) is 2.98. The zero-order valence-electron chi connectivity index (χ0n) is 5.64. The van der Waals surface area contributed by atoms with Crippen molar-refractivity contribution in [2.45, 2.75) is 0 Å². The Morgan fingerprint density at radius 2 is 2.09 bits per heavy atom. The van der Waals surface area contributed by atoms with Gasteiger partial charge in [0.05, 0.1) is 5.69 Å². The predicted molar refractivity (Wildman–Crippen MR) is 37.1 cm³/mol. The lowest BCUT2D eigenvalue weighted by molar-refractivity contribution is 0.325. The number of hydrogen-bond acceptors (Lipinski definition) is 2. The van der Waals surface area contributed by atoms with Crippen molar-refractivity contribution < 1.29 is 13.9 Å². The van der Waals surface area contributed by atoms with Gasteiger partial charge in [0.15, 0.2) is 0 Å². The van der Waals surface area contributed by atoms with Crippen LogP contribution in [0, 0.1) is 11.6 Å². The maximum absolute atomic E-state index is 12.6. The van der Waals surface area contributed by atoms with E-state index in [1.165, 1.54) is 0 Å². The maximum atomic E-state index is 12.6. The van der Waals surface area contributed by atoms with Crippen LogP contribution < -0.4 is 5.32 Å². The minimum atomic E-state index is -0.583. The van der Waals surface area contributed by atoms with Gasteiger partial charge in [0.25, 0.3) is 0 Å². The third-order valence-corrected chi connectivity index (χ3v) is 1.20. The van der Waals surface area contributed by atoms with Gasteiger partial charge >= 0.3 is 0 Å². The molecule has 0 aromatic heterocycles. The van der Waals surface area contributed by atoms with Gasteiger partial charge in [-0.05, 0) is 12.1 Å². The lowest BCUT2D eigenvalue weighted by atomic mass is 10.3. The molecule has 1 rings (SSSR count).